The number of carbonyl (C=O) groups is 1. The Kier molecular flexibility index (Phi) is 6.83. The van der Waals surface area contributed by atoms with Gasteiger partial charge in [-0.2, -0.15) is 0 Å². The average Bonchev–Trinajstić information content (AvgIpc) is 3.70. The van der Waals surface area contributed by atoms with Gasteiger partial charge < -0.3 is 24.8 Å². The SMILES string of the molecule is COc1ccccc1[C@@]1(O)[C@@H]2CN(C(=O)Cc3c[nH]c4ccccc34)C[C@@H]2C(c2ccccc2)(c2ccccc2)C[C@@H]1O. The van der Waals surface area contributed by atoms with E-state index in [-0.39, 0.29) is 18.2 Å². The van der Waals surface area contributed by atoms with Crippen molar-refractivity contribution in [3.63, 3.8) is 0 Å². The first-order chi connectivity index (χ1) is 21.0. The van der Waals surface area contributed by atoms with Crippen LogP contribution in [-0.2, 0) is 22.2 Å². The number of likely N-dealkylation sites (tertiary alicyclic amines) is 1. The van der Waals surface area contributed by atoms with Crippen molar-refractivity contribution in [3.05, 3.63) is 138 Å². The molecule has 43 heavy (non-hydrogen) atoms. The zero-order valence-corrected chi connectivity index (χ0v) is 24.2. The highest BCUT2D eigenvalue weighted by molar-refractivity contribution is 5.89. The van der Waals surface area contributed by atoms with Crippen molar-refractivity contribution in [2.45, 2.75) is 30.0 Å². The third kappa shape index (κ3) is 4.28. The van der Waals surface area contributed by atoms with Crippen molar-refractivity contribution in [2.75, 3.05) is 20.2 Å². The number of hydrogen-bond acceptors (Lipinski definition) is 4. The number of amides is 1. The maximum atomic E-state index is 14.1. The molecular formula is C37H36N2O4. The van der Waals surface area contributed by atoms with Gasteiger partial charge in [0.05, 0.1) is 19.6 Å². The van der Waals surface area contributed by atoms with Gasteiger partial charge in [-0.15, -0.1) is 0 Å². The van der Waals surface area contributed by atoms with Gasteiger partial charge in [-0.25, -0.2) is 0 Å². The van der Waals surface area contributed by atoms with Crippen molar-refractivity contribution in [1.82, 2.24) is 9.88 Å². The summed E-state index contributed by atoms with van der Waals surface area (Å²) >= 11 is 0. The van der Waals surface area contributed by atoms with Gasteiger partial charge in [0.15, 0.2) is 0 Å². The second-order valence-corrected chi connectivity index (χ2v) is 12.0. The summed E-state index contributed by atoms with van der Waals surface area (Å²) in [5.41, 5.74) is 2.40. The fraction of sp³-hybridized carbons (Fsp3) is 0.270. The first-order valence-electron chi connectivity index (χ1n) is 14.9. The third-order valence-electron chi connectivity index (χ3n) is 10.0. The molecule has 1 amide bonds. The summed E-state index contributed by atoms with van der Waals surface area (Å²) in [6.07, 6.45) is 1.34. The zero-order valence-electron chi connectivity index (χ0n) is 24.2. The van der Waals surface area contributed by atoms with E-state index < -0.39 is 23.0 Å². The number of methoxy groups -OCH3 is 1. The van der Waals surface area contributed by atoms with E-state index in [0.29, 0.717) is 30.8 Å². The molecule has 1 aliphatic heterocycles. The van der Waals surface area contributed by atoms with Crippen LogP contribution in [0.3, 0.4) is 0 Å². The molecule has 0 bridgehead atoms. The van der Waals surface area contributed by atoms with Gasteiger partial charge >= 0.3 is 0 Å². The first kappa shape index (κ1) is 27.4. The second-order valence-electron chi connectivity index (χ2n) is 12.0. The van der Waals surface area contributed by atoms with Crippen LogP contribution in [0.1, 0.15) is 28.7 Å². The van der Waals surface area contributed by atoms with Gasteiger partial charge in [-0.3, -0.25) is 4.79 Å². The minimum Gasteiger partial charge on any atom is -0.496 e. The van der Waals surface area contributed by atoms with Crippen LogP contribution >= 0.6 is 0 Å². The highest BCUT2D eigenvalue weighted by Gasteiger charge is 2.64. The number of benzene rings is 4. The Labute approximate surface area is 251 Å². The molecule has 7 rings (SSSR count). The Morgan fingerprint density at radius 1 is 0.860 bits per heavy atom. The Hall–Kier alpha value is -4.39. The van der Waals surface area contributed by atoms with Gasteiger partial charge in [0.25, 0.3) is 0 Å². The summed E-state index contributed by atoms with van der Waals surface area (Å²) in [7, 11) is 1.58. The number of H-pyrrole nitrogens is 1. The predicted molar refractivity (Wildman–Crippen MR) is 167 cm³/mol. The number of aliphatic hydroxyl groups is 2. The largest absolute Gasteiger partial charge is 0.496 e. The van der Waals surface area contributed by atoms with E-state index in [2.05, 4.69) is 29.2 Å². The van der Waals surface area contributed by atoms with Crippen LogP contribution in [0.2, 0.25) is 0 Å². The van der Waals surface area contributed by atoms with E-state index in [9.17, 15) is 15.0 Å². The van der Waals surface area contributed by atoms with Gasteiger partial charge in [-0.1, -0.05) is 97.1 Å². The molecule has 2 fully saturated rings. The molecule has 1 aliphatic carbocycles. The molecule has 0 spiro atoms. The van der Waals surface area contributed by atoms with Crippen LogP contribution in [-0.4, -0.2) is 52.3 Å². The monoisotopic (exact) mass is 572 g/mol. The van der Waals surface area contributed by atoms with Crippen LogP contribution in [0, 0.1) is 11.8 Å². The van der Waals surface area contributed by atoms with E-state index in [1.807, 2.05) is 96.0 Å². The van der Waals surface area contributed by atoms with Crippen molar-refractivity contribution in [3.8, 4) is 5.75 Å². The third-order valence-corrected chi connectivity index (χ3v) is 10.0. The summed E-state index contributed by atoms with van der Waals surface area (Å²) in [6.45, 7) is 0.776. The molecule has 2 heterocycles. The molecule has 6 heteroatoms. The molecule has 3 N–H and O–H groups in total. The molecule has 1 aromatic heterocycles. The van der Waals surface area contributed by atoms with E-state index >= 15 is 0 Å². The van der Waals surface area contributed by atoms with Crippen LogP contribution < -0.4 is 4.74 Å². The first-order valence-corrected chi connectivity index (χ1v) is 14.9. The normalized spacial score (nSPS) is 24.5. The standard InChI is InChI=1S/C37H36N2O4/c1-43-33-19-11-9-17-29(33)37(42)31-24-39(35(41)20-25-22-38-32-18-10-8-16-28(25)32)23-30(31)36(21-34(37)40,26-12-4-2-5-13-26)27-14-6-3-7-15-27/h2-19,22,30-31,34,38,40,42H,20-21,23-24H2,1H3/t30-,31+,34-,37+/m0/s1. The average molecular weight is 573 g/mol. The fourth-order valence-electron chi connectivity index (χ4n) is 8.02. The summed E-state index contributed by atoms with van der Waals surface area (Å²) in [6, 6.07) is 35.9. The number of aliphatic hydroxyl groups excluding tert-OH is 1. The molecule has 218 valence electrons. The summed E-state index contributed by atoms with van der Waals surface area (Å²) in [4.78, 5) is 19.3. The Bertz CT molecular complexity index is 1710. The molecule has 2 aliphatic rings. The molecule has 0 radical (unpaired) electrons. The summed E-state index contributed by atoms with van der Waals surface area (Å²) < 4.78 is 5.71. The van der Waals surface area contributed by atoms with Crippen molar-refractivity contribution in [2.24, 2.45) is 11.8 Å². The van der Waals surface area contributed by atoms with Crippen LogP contribution in [0.15, 0.2) is 115 Å². The van der Waals surface area contributed by atoms with Gasteiger partial charge in [0.2, 0.25) is 5.91 Å². The number of rotatable bonds is 6. The number of hydrogen-bond donors (Lipinski definition) is 3. The highest BCUT2D eigenvalue weighted by atomic mass is 16.5. The maximum absolute atomic E-state index is 14.1. The zero-order chi connectivity index (χ0) is 29.6. The highest BCUT2D eigenvalue weighted by Crippen LogP contribution is 2.60. The number of nitrogens with zero attached hydrogens (tertiary/aromatic N) is 1. The fourth-order valence-corrected chi connectivity index (χ4v) is 8.02. The molecule has 4 aromatic carbocycles. The van der Waals surface area contributed by atoms with Gasteiger partial charge in [0.1, 0.15) is 11.4 Å². The lowest BCUT2D eigenvalue weighted by molar-refractivity contribution is -0.168. The Morgan fingerprint density at radius 2 is 1.47 bits per heavy atom. The van der Waals surface area contributed by atoms with E-state index in [0.717, 1.165) is 27.6 Å². The summed E-state index contributed by atoms with van der Waals surface area (Å²) in [5, 5.41) is 25.9. The van der Waals surface area contributed by atoms with Crippen LogP contribution in [0.4, 0.5) is 0 Å². The molecule has 0 unspecified atom stereocenters. The number of para-hydroxylation sites is 2. The van der Waals surface area contributed by atoms with Crippen molar-refractivity contribution >= 4 is 16.8 Å². The maximum Gasteiger partial charge on any atom is 0.227 e. The molecule has 1 saturated heterocycles. The van der Waals surface area contributed by atoms with Gasteiger partial charge in [-0.05, 0) is 41.2 Å². The van der Waals surface area contributed by atoms with Gasteiger partial charge in [0, 0.05) is 47.1 Å². The van der Waals surface area contributed by atoms with E-state index in [1.165, 1.54) is 0 Å². The quantitative estimate of drug-likeness (QED) is 0.253. The smallest absolute Gasteiger partial charge is 0.227 e. The van der Waals surface area contributed by atoms with E-state index in [1.54, 1.807) is 7.11 Å². The predicted octanol–water partition coefficient (Wildman–Crippen LogP) is 5.43. The number of fused-ring (bicyclic) bond motifs is 2. The van der Waals surface area contributed by atoms with Crippen molar-refractivity contribution < 1.29 is 19.7 Å². The molecule has 6 nitrogen and oxygen atoms in total. The second kappa shape index (κ2) is 10.7. The molecular weight excluding hydrogens is 536 g/mol. The lowest BCUT2D eigenvalue weighted by Gasteiger charge is -2.55. The Morgan fingerprint density at radius 3 is 2.16 bits per heavy atom. The molecule has 5 aromatic rings. The molecule has 1 saturated carbocycles. The summed E-state index contributed by atoms with van der Waals surface area (Å²) in [5.74, 6) is -0.105. The van der Waals surface area contributed by atoms with Crippen molar-refractivity contribution in [1.29, 1.82) is 0 Å². The number of carbonyl (C=O) groups excluding carboxylic acids is 1. The minimum atomic E-state index is -1.62. The number of aromatic amines is 1. The number of nitrogens with one attached hydrogen (secondary N) is 1. The lowest BCUT2D eigenvalue weighted by atomic mass is 9.51. The lowest BCUT2D eigenvalue weighted by Crippen LogP contribution is -2.60. The number of ether oxygens (including phenoxy) is 1. The van der Waals surface area contributed by atoms with Crippen LogP contribution in [0.5, 0.6) is 5.75 Å². The minimum absolute atomic E-state index is 0.00560. The Balaban J connectivity index is 1.36. The number of aromatic nitrogens is 1. The van der Waals surface area contributed by atoms with E-state index in [4.69, 9.17) is 4.74 Å². The molecule has 4 atom stereocenters. The van der Waals surface area contributed by atoms with Crippen LogP contribution in [0.25, 0.3) is 10.9 Å². The topological polar surface area (TPSA) is 85.8 Å².